The quantitative estimate of drug-likeness (QED) is 0.140. The highest BCUT2D eigenvalue weighted by molar-refractivity contribution is 6.29. The van der Waals surface area contributed by atoms with Crippen LogP contribution in [-0.4, -0.2) is 110 Å². The number of hydrogen-bond acceptors (Lipinski definition) is 17. The Labute approximate surface area is 342 Å². The predicted octanol–water partition coefficient (Wildman–Crippen LogP) is 0.0790. The summed E-state index contributed by atoms with van der Waals surface area (Å²) in [6, 6.07) is 2.70. The SMILES string of the molecule is CC[C@@H]1c2ccc(NC(=O)C3=C(O)[C@@H](N)[C@@H]4C[C@H]5C(=C(O)[C@]4(O)C3=O)C(=O)c3c(O)cccc3[C@H]5C(=O)O)c(O)c2C(=O)C2=C(O)[C@]3(O)C(=O)C(C(N)=O)=C(O)[C@@H](N)[C@@H]3C[C@@H]21. The van der Waals surface area contributed by atoms with Gasteiger partial charge in [0.15, 0.2) is 28.5 Å². The lowest BCUT2D eigenvalue weighted by Crippen LogP contribution is -2.63. The van der Waals surface area contributed by atoms with Gasteiger partial charge in [-0.15, -0.1) is 0 Å². The third-order valence-electron chi connectivity index (χ3n) is 13.5. The van der Waals surface area contributed by atoms with E-state index in [4.69, 9.17) is 17.2 Å². The number of carbonyl (C=O) groups is 7. The molecule has 0 bridgehead atoms. The Morgan fingerprint density at radius 3 is 1.82 bits per heavy atom. The smallest absolute Gasteiger partial charge is 0.311 e. The molecule has 0 saturated carbocycles. The molecular weight excluding hydrogens is 804 g/mol. The van der Waals surface area contributed by atoms with Crippen molar-refractivity contribution in [3.8, 4) is 11.5 Å². The summed E-state index contributed by atoms with van der Waals surface area (Å²) in [7, 11) is 0. The molecule has 6 aliphatic rings. The Bertz CT molecular complexity index is 2640. The summed E-state index contributed by atoms with van der Waals surface area (Å²) in [6.45, 7) is 1.69. The molecule has 10 atom stereocenters. The van der Waals surface area contributed by atoms with Gasteiger partial charge in [0.1, 0.15) is 39.9 Å². The van der Waals surface area contributed by atoms with Gasteiger partial charge in [-0.25, -0.2) is 0 Å². The van der Waals surface area contributed by atoms with E-state index in [1.54, 1.807) is 6.92 Å². The number of fused-ring (bicyclic) bond motifs is 6. The minimum Gasteiger partial charge on any atom is -0.510 e. The number of aromatic hydroxyl groups is 2. The summed E-state index contributed by atoms with van der Waals surface area (Å²) in [6.07, 6.45) is -0.644. The fourth-order valence-corrected chi connectivity index (χ4v) is 10.6. The van der Waals surface area contributed by atoms with Gasteiger partial charge in [-0.3, -0.25) is 33.6 Å². The summed E-state index contributed by atoms with van der Waals surface area (Å²) in [4.78, 5) is 94.4. The number of Topliss-reactive ketones (excluding diaryl/α,β-unsaturated/α-hetero) is 4. The molecule has 0 radical (unpaired) electrons. The number of benzene rings is 2. The molecule has 0 aromatic heterocycles. The maximum Gasteiger partial charge on any atom is 0.311 e. The van der Waals surface area contributed by atoms with Crippen molar-refractivity contribution in [1.29, 1.82) is 0 Å². The van der Waals surface area contributed by atoms with Crippen molar-refractivity contribution in [3.63, 3.8) is 0 Å². The number of hydrogen-bond donors (Lipinski definition) is 13. The molecule has 16 N–H and O–H groups in total. The van der Waals surface area contributed by atoms with Crippen molar-refractivity contribution in [2.24, 2.45) is 40.9 Å². The van der Waals surface area contributed by atoms with E-state index in [1.807, 2.05) is 0 Å². The number of anilines is 1. The van der Waals surface area contributed by atoms with Gasteiger partial charge in [-0.05, 0) is 54.4 Å². The fraction of sp³-hybridized carbons (Fsp3) is 0.341. The number of nitrogens with one attached hydrogen (secondary N) is 1. The number of amides is 2. The Hall–Kier alpha value is -6.87. The van der Waals surface area contributed by atoms with E-state index in [2.05, 4.69) is 5.32 Å². The van der Waals surface area contributed by atoms with Crippen molar-refractivity contribution < 1.29 is 79.5 Å². The lowest BCUT2D eigenvalue weighted by Gasteiger charge is -2.49. The number of carboxylic acids is 1. The lowest BCUT2D eigenvalue weighted by molar-refractivity contribution is -0.147. The Kier molecular flexibility index (Phi) is 8.93. The summed E-state index contributed by atoms with van der Waals surface area (Å²) >= 11 is 0. The van der Waals surface area contributed by atoms with Gasteiger partial charge < -0.3 is 68.5 Å². The second kappa shape index (κ2) is 13.3. The van der Waals surface area contributed by atoms with Crippen LogP contribution in [0.3, 0.4) is 0 Å². The van der Waals surface area contributed by atoms with Crippen molar-refractivity contribution in [2.45, 2.75) is 61.3 Å². The molecule has 0 unspecified atom stereocenters. The van der Waals surface area contributed by atoms with Gasteiger partial charge in [0.25, 0.3) is 11.8 Å². The molecule has 0 aliphatic heterocycles. The Balaban J connectivity index is 1.18. The zero-order chi connectivity index (χ0) is 44.7. The van der Waals surface area contributed by atoms with E-state index in [0.717, 1.165) is 12.1 Å². The second-order valence-corrected chi connectivity index (χ2v) is 16.2. The number of phenols is 2. The molecule has 0 heterocycles. The van der Waals surface area contributed by atoms with Gasteiger partial charge in [0.2, 0.25) is 11.6 Å². The molecule has 318 valence electrons. The first-order chi connectivity index (χ1) is 28.6. The fourth-order valence-electron chi connectivity index (χ4n) is 10.6. The predicted molar refractivity (Wildman–Crippen MR) is 204 cm³/mol. The summed E-state index contributed by atoms with van der Waals surface area (Å²) in [5.74, 6) is -24.0. The Morgan fingerprint density at radius 2 is 1.26 bits per heavy atom. The topological polar surface area (TPSA) is 392 Å². The molecule has 6 aliphatic carbocycles. The lowest BCUT2D eigenvalue weighted by atomic mass is 9.56. The second-order valence-electron chi connectivity index (χ2n) is 16.2. The standard InChI is InChI=1S/C41H38N4O16/c1-2-10-11-6-7-17(28(47)21(11)30(49)22-13(10)8-15-26(42)31(50)24(37(44)56)35(54)40(15,60)33(22)52)45-38(57)25-32(51)27(43)16-9-14-19(39(58)59)12-4-3-5-18(46)20(12)29(48)23(14)34(53)41(16,61)36(25)55/h3-7,10,13-16,19,26-27,46-47,50-53,60-61H,2,8-9,42-43H2,1H3,(H2,44,56)(H,45,57)(H,58,59)/t10-,13-,14-,15+,16+,19-,26+,27+,40+,41+/m1/s1. The minimum absolute atomic E-state index is 0.111. The van der Waals surface area contributed by atoms with Crippen LogP contribution in [0.15, 0.2) is 75.7 Å². The first-order valence-corrected chi connectivity index (χ1v) is 19.0. The number of aliphatic hydroxyl groups is 6. The van der Waals surface area contributed by atoms with Gasteiger partial charge in [0, 0.05) is 28.9 Å². The average molecular weight is 843 g/mol. The van der Waals surface area contributed by atoms with Crippen LogP contribution < -0.4 is 22.5 Å². The van der Waals surface area contributed by atoms with E-state index in [9.17, 15) is 79.5 Å². The molecule has 2 aromatic rings. The van der Waals surface area contributed by atoms with Gasteiger partial charge in [-0.2, -0.15) is 0 Å². The normalized spacial score (nSPS) is 33.0. The molecule has 20 heteroatoms. The number of aliphatic carboxylic acids is 1. The van der Waals surface area contributed by atoms with Crippen LogP contribution in [0.25, 0.3) is 0 Å². The summed E-state index contributed by atoms with van der Waals surface area (Å²) in [5.41, 5.74) is 6.37. The number of phenolic OH excluding ortho intramolecular Hbond substituents is 2. The van der Waals surface area contributed by atoms with Crippen LogP contribution >= 0.6 is 0 Å². The van der Waals surface area contributed by atoms with E-state index < -0.39 is 180 Å². The third-order valence-corrected chi connectivity index (χ3v) is 13.5. The van der Waals surface area contributed by atoms with Crippen LogP contribution in [0.5, 0.6) is 11.5 Å². The molecule has 0 spiro atoms. The van der Waals surface area contributed by atoms with Crippen molar-refractivity contribution in [3.05, 3.63) is 97.9 Å². The monoisotopic (exact) mass is 842 g/mol. The number of allylic oxidation sites excluding steroid dienone is 2. The highest BCUT2D eigenvalue weighted by atomic mass is 16.4. The summed E-state index contributed by atoms with van der Waals surface area (Å²) < 4.78 is 0. The zero-order valence-electron chi connectivity index (χ0n) is 31.7. The van der Waals surface area contributed by atoms with Gasteiger partial charge in [0.05, 0.1) is 34.8 Å². The number of carboxylic acid groups (broad SMARTS) is 1. The van der Waals surface area contributed by atoms with Gasteiger partial charge in [-0.1, -0.05) is 25.1 Å². The molecular formula is C41H38N4O16. The number of ketones is 4. The largest absolute Gasteiger partial charge is 0.510 e. The van der Waals surface area contributed by atoms with Crippen LogP contribution in [0.1, 0.15) is 69.9 Å². The number of primary amides is 1. The number of carbonyl (C=O) groups excluding carboxylic acids is 6. The third kappa shape index (κ3) is 5.03. The van der Waals surface area contributed by atoms with Gasteiger partial charge >= 0.3 is 5.97 Å². The summed E-state index contributed by atoms with van der Waals surface area (Å²) in [5, 5.41) is 103. The molecule has 0 fully saturated rings. The van der Waals surface area contributed by atoms with E-state index in [0.29, 0.717) is 0 Å². The molecule has 2 aromatic carbocycles. The van der Waals surface area contributed by atoms with E-state index >= 15 is 0 Å². The first kappa shape index (κ1) is 40.9. The molecule has 2 amide bonds. The Morgan fingerprint density at radius 1 is 0.738 bits per heavy atom. The first-order valence-electron chi connectivity index (χ1n) is 19.0. The van der Waals surface area contributed by atoms with Crippen LogP contribution in [0.4, 0.5) is 5.69 Å². The molecule has 8 rings (SSSR count). The van der Waals surface area contributed by atoms with Crippen LogP contribution in [-0.2, 0) is 24.0 Å². The maximum atomic E-state index is 14.3. The zero-order valence-corrected chi connectivity index (χ0v) is 31.7. The van der Waals surface area contributed by atoms with E-state index in [1.165, 1.54) is 18.2 Å². The van der Waals surface area contributed by atoms with E-state index in [-0.39, 0.29) is 24.0 Å². The van der Waals surface area contributed by atoms with Crippen molar-refractivity contribution >= 4 is 46.6 Å². The van der Waals surface area contributed by atoms with Crippen molar-refractivity contribution in [2.75, 3.05) is 5.32 Å². The minimum atomic E-state index is -3.20. The average Bonchev–Trinajstić information content (AvgIpc) is 3.19. The number of aliphatic hydroxyl groups excluding tert-OH is 4. The molecule has 61 heavy (non-hydrogen) atoms. The van der Waals surface area contributed by atoms with Crippen LogP contribution in [0.2, 0.25) is 0 Å². The highest BCUT2D eigenvalue weighted by Crippen LogP contribution is 2.57. The number of nitrogens with two attached hydrogens (primary N) is 3. The maximum absolute atomic E-state index is 14.3. The number of rotatable bonds is 5. The van der Waals surface area contributed by atoms with Crippen molar-refractivity contribution in [1.82, 2.24) is 0 Å². The highest BCUT2D eigenvalue weighted by Gasteiger charge is 2.65. The van der Waals surface area contributed by atoms with Crippen LogP contribution in [0, 0.1) is 23.7 Å². The molecule has 0 saturated heterocycles. The molecule has 20 nitrogen and oxygen atoms in total.